The molecule has 5 nitrogen and oxygen atoms in total. The van der Waals surface area contributed by atoms with Crippen molar-refractivity contribution in [3.63, 3.8) is 0 Å². The van der Waals surface area contributed by atoms with Gasteiger partial charge in [-0.2, -0.15) is 0 Å². The van der Waals surface area contributed by atoms with E-state index in [2.05, 4.69) is 26.0 Å². The van der Waals surface area contributed by atoms with Gasteiger partial charge in [-0.1, -0.05) is 257 Å². The highest BCUT2D eigenvalue weighted by Crippen LogP contribution is 2.17. The van der Waals surface area contributed by atoms with Crippen LogP contribution in [-0.2, 0) is 19.1 Å². The molecule has 58 heavy (non-hydrogen) atoms. The van der Waals surface area contributed by atoms with Crippen molar-refractivity contribution in [1.82, 2.24) is 0 Å². The minimum atomic E-state index is -0.764. The first-order valence-electron chi connectivity index (χ1n) is 26.2. The standard InChI is InChI=1S/C53H102O5/c1-3-5-7-9-11-13-15-17-18-19-20-21-22-23-24-25-26-27-28-29-30-31-32-33-34-36-38-40-42-44-46-48-53(56)58-51(49-54)50-57-52(55)47-45-43-41-39-37-35-16-14-12-10-8-6-4-2/h19-20,51,54H,3-18,21-50H2,1-2H3/b20-19-. The molecule has 0 bridgehead atoms. The molecule has 0 aliphatic carbocycles. The number of aliphatic hydroxyl groups is 1. The highest BCUT2D eigenvalue weighted by atomic mass is 16.6. The molecule has 0 heterocycles. The maximum atomic E-state index is 12.3. The van der Waals surface area contributed by atoms with Crippen LogP contribution in [0.3, 0.4) is 0 Å². The van der Waals surface area contributed by atoms with Crippen LogP contribution >= 0.6 is 0 Å². The monoisotopic (exact) mass is 819 g/mol. The average Bonchev–Trinajstić information content (AvgIpc) is 3.23. The van der Waals surface area contributed by atoms with Gasteiger partial charge in [-0.05, 0) is 38.5 Å². The molecular formula is C53H102O5. The molecule has 1 N–H and O–H groups in total. The van der Waals surface area contributed by atoms with E-state index < -0.39 is 6.10 Å². The Labute approximate surface area is 362 Å². The molecule has 1 atom stereocenters. The molecule has 0 aromatic rings. The maximum absolute atomic E-state index is 12.3. The molecule has 5 heteroatoms. The largest absolute Gasteiger partial charge is 0.462 e. The predicted octanol–water partition coefficient (Wildman–Crippen LogP) is 17.2. The van der Waals surface area contributed by atoms with Gasteiger partial charge in [0.15, 0.2) is 6.10 Å². The van der Waals surface area contributed by atoms with E-state index in [1.165, 1.54) is 238 Å². The van der Waals surface area contributed by atoms with Crippen LogP contribution in [-0.4, -0.2) is 36.4 Å². The fourth-order valence-electron chi connectivity index (χ4n) is 8.08. The maximum Gasteiger partial charge on any atom is 0.306 e. The number of hydrogen-bond donors (Lipinski definition) is 1. The Kier molecular flexibility index (Phi) is 48.8. The molecule has 344 valence electrons. The van der Waals surface area contributed by atoms with Gasteiger partial charge in [0.2, 0.25) is 0 Å². The minimum Gasteiger partial charge on any atom is -0.462 e. The Balaban J connectivity index is 3.38. The first-order chi connectivity index (χ1) is 28.6. The van der Waals surface area contributed by atoms with Crippen LogP contribution in [0.5, 0.6) is 0 Å². The van der Waals surface area contributed by atoms with Crippen molar-refractivity contribution in [3.8, 4) is 0 Å². The van der Waals surface area contributed by atoms with Crippen LogP contribution < -0.4 is 0 Å². The second kappa shape index (κ2) is 50.0. The molecule has 0 aliphatic heterocycles. The predicted molar refractivity (Wildman–Crippen MR) is 252 cm³/mol. The normalized spacial score (nSPS) is 12.1. The van der Waals surface area contributed by atoms with Crippen molar-refractivity contribution in [2.45, 2.75) is 302 Å². The fraction of sp³-hybridized carbons (Fsp3) is 0.925. The van der Waals surface area contributed by atoms with Crippen LogP contribution in [0.25, 0.3) is 0 Å². The van der Waals surface area contributed by atoms with Crippen LogP contribution in [0.1, 0.15) is 296 Å². The summed E-state index contributed by atoms with van der Waals surface area (Å²) in [4.78, 5) is 24.4. The second-order valence-corrected chi connectivity index (χ2v) is 18.0. The zero-order valence-electron chi connectivity index (χ0n) is 39.3. The lowest BCUT2D eigenvalue weighted by Crippen LogP contribution is -2.28. The number of ether oxygens (including phenoxy) is 2. The van der Waals surface area contributed by atoms with E-state index in [4.69, 9.17) is 9.47 Å². The highest BCUT2D eigenvalue weighted by Gasteiger charge is 2.16. The van der Waals surface area contributed by atoms with Gasteiger partial charge >= 0.3 is 11.9 Å². The molecule has 0 rings (SSSR count). The smallest absolute Gasteiger partial charge is 0.306 e. The number of hydrogen-bond acceptors (Lipinski definition) is 5. The summed E-state index contributed by atoms with van der Waals surface area (Å²) in [6.07, 6.45) is 60.4. The van der Waals surface area contributed by atoms with Crippen molar-refractivity contribution in [2.24, 2.45) is 0 Å². The van der Waals surface area contributed by atoms with E-state index in [9.17, 15) is 14.7 Å². The van der Waals surface area contributed by atoms with E-state index in [1.807, 2.05) is 0 Å². The lowest BCUT2D eigenvalue weighted by Gasteiger charge is -2.15. The van der Waals surface area contributed by atoms with Crippen molar-refractivity contribution in [1.29, 1.82) is 0 Å². The van der Waals surface area contributed by atoms with E-state index >= 15 is 0 Å². The lowest BCUT2D eigenvalue weighted by atomic mass is 10.0. The van der Waals surface area contributed by atoms with E-state index in [0.29, 0.717) is 12.8 Å². The molecular weight excluding hydrogens is 717 g/mol. The third kappa shape index (κ3) is 47.3. The van der Waals surface area contributed by atoms with Gasteiger partial charge in [-0.25, -0.2) is 0 Å². The second-order valence-electron chi connectivity index (χ2n) is 18.0. The quantitative estimate of drug-likeness (QED) is 0.0376. The van der Waals surface area contributed by atoms with Crippen LogP contribution in [0, 0.1) is 0 Å². The number of unbranched alkanes of at least 4 members (excludes halogenated alkanes) is 39. The molecule has 0 aromatic heterocycles. The summed E-state index contributed by atoms with van der Waals surface area (Å²) in [6, 6.07) is 0. The van der Waals surface area contributed by atoms with Gasteiger partial charge in [0, 0.05) is 12.8 Å². The summed E-state index contributed by atoms with van der Waals surface area (Å²) in [5.74, 6) is -0.572. The van der Waals surface area contributed by atoms with Crippen LogP contribution in [0.4, 0.5) is 0 Å². The molecule has 0 radical (unpaired) electrons. The molecule has 0 aliphatic rings. The van der Waals surface area contributed by atoms with Crippen molar-refractivity contribution in [2.75, 3.05) is 13.2 Å². The number of allylic oxidation sites excluding steroid dienone is 2. The molecule has 1 unspecified atom stereocenters. The number of carbonyl (C=O) groups excluding carboxylic acids is 2. The Bertz CT molecular complexity index is 840. The van der Waals surface area contributed by atoms with Gasteiger partial charge in [0.05, 0.1) is 6.61 Å². The van der Waals surface area contributed by atoms with E-state index in [-0.39, 0.29) is 25.2 Å². The zero-order chi connectivity index (χ0) is 42.1. The SMILES string of the molecule is CCCCCCCCCC/C=C\CCCCCCCCCCCCCCCCCCCCCC(=O)OC(CO)COC(=O)CCCCCCCCCCCCCCC. The third-order valence-electron chi connectivity index (χ3n) is 12.1. The van der Waals surface area contributed by atoms with E-state index in [0.717, 1.165) is 32.1 Å². The van der Waals surface area contributed by atoms with E-state index in [1.54, 1.807) is 0 Å². The van der Waals surface area contributed by atoms with Gasteiger partial charge in [-0.3, -0.25) is 9.59 Å². The zero-order valence-corrected chi connectivity index (χ0v) is 39.3. The third-order valence-corrected chi connectivity index (χ3v) is 12.1. The Morgan fingerprint density at radius 2 is 0.638 bits per heavy atom. The lowest BCUT2D eigenvalue weighted by molar-refractivity contribution is -0.161. The number of carbonyl (C=O) groups is 2. The van der Waals surface area contributed by atoms with Crippen LogP contribution in [0.2, 0.25) is 0 Å². The van der Waals surface area contributed by atoms with Gasteiger partial charge in [-0.15, -0.1) is 0 Å². The topological polar surface area (TPSA) is 72.8 Å². The highest BCUT2D eigenvalue weighted by molar-refractivity contribution is 5.70. The van der Waals surface area contributed by atoms with Crippen molar-refractivity contribution >= 4 is 11.9 Å². The minimum absolute atomic E-state index is 0.0578. The number of aliphatic hydroxyl groups excluding tert-OH is 1. The van der Waals surface area contributed by atoms with Gasteiger partial charge in [0.1, 0.15) is 6.61 Å². The summed E-state index contributed by atoms with van der Waals surface area (Å²) in [5, 5.41) is 9.60. The molecule has 0 fully saturated rings. The molecule has 0 aromatic carbocycles. The molecule has 0 saturated carbocycles. The molecule has 0 saturated heterocycles. The number of rotatable bonds is 49. The van der Waals surface area contributed by atoms with Crippen molar-refractivity contribution in [3.05, 3.63) is 12.2 Å². The Morgan fingerprint density at radius 3 is 0.931 bits per heavy atom. The Hall–Kier alpha value is -1.36. The number of esters is 2. The van der Waals surface area contributed by atoms with Crippen LogP contribution in [0.15, 0.2) is 12.2 Å². The van der Waals surface area contributed by atoms with Gasteiger partial charge < -0.3 is 14.6 Å². The van der Waals surface area contributed by atoms with Crippen molar-refractivity contribution < 1.29 is 24.2 Å². The molecule has 0 spiro atoms. The summed E-state index contributed by atoms with van der Waals surface area (Å²) >= 11 is 0. The average molecular weight is 819 g/mol. The first kappa shape index (κ1) is 56.6. The van der Waals surface area contributed by atoms with Gasteiger partial charge in [0.25, 0.3) is 0 Å². The Morgan fingerprint density at radius 1 is 0.379 bits per heavy atom. The fourth-order valence-corrected chi connectivity index (χ4v) is 8.08. The summed E-state index contributed by atoms with van der Waals surface area (Å²) in [6.45, 7) is 4.18. The summed E-state index contributed by atoms with van der Waals surface area (Å²) < 4.78 is 10.7. The summed E-state index contributed by atoms with van der Waals surface area (Å²) in [7, 11) is 0. The summed E-state index contributed by atoms with van der Waals surface area (Å²) in [5.41, 5.74) is 0. The first-order valence-corrected chi connectivity index (χ1v) is 26.2. The molecule has 0 amide bonds.